The van der Waals surface area contributed by atoms with Gasteiger partial charge in [0.05, 0.1) is 30.8 Å². The van der Waals surface area contributed by atoms with Gasteiger partial charge in [-0.25, -0.2) is 4.98 Å². The number of hydrogen-bond acceptors (Lipinski definition) is 5. The number of phenolic OH excluding ortho intramolecular Hbond substituents is 1. The molecular formula is C21H19N5O3. The van der Waals surface area contributed by atoms with Gasteiger partial charge in [0.15, 0.2) is 5.76 Å². The number of benzene rings is 1. The Morgan fingerprint density at radius 3 is 3.03 bits per heavy atom. The second-order valence-electron chi connectivity index (χ2n) is 7.07. The largest absolute Gasteiger partial charge is 0.508 e. The molecule has 1 amide bonds. The van der Waals surface area contributed by atoms with E-state index in [2.05, 4.69) is 15.1 Å². The van der Waals surface area contributed by atoms with E-state index in [1.165, 1.54) is 0 Å². The van der Waals surface area contributed by atoms with Gasteiger partial charge in [-0.2, -0.15) is 5.10 Å². The first-order valence-corrected chi connectivity index (χ1v) is 9.34. The third kappa shape index (κ3) is 3.29. The van der Waals surface area contributed by atoms with Crippen molar-refractivity contribution in [1.29, 1.82) is 0 Å². The minimum absolute atomic E-state index is 0.125. The van der Waals surface area contributed by atoms with Crippen molar-refractivity contribution in [1.82, 2.24) is 24.6 Å². The number of fused-ring (bicyclic) bond motifs is 1. The molecule has 8 heteroatoms. The zero-order valence-electron chi connectivity index (χ0n) is 15.5. The number of phenols is 1. The molecule has 4 aromatic rings. The molecule has 4 heterocycles. The average Bonchev–Trinajstić information content (AvgIpc) is 3.49. The van der Waals surface area contributed by atoms with Crippen LogP contribution in [0.2, 0.25) is 0 Å². The Morgan fingerprint density at radius 2 is 2.21 bits per heavy atom. The number of aromatic hydroxyl groups is 1. The van der Waals surface area contributed by atoms with Gasteiger partial charge in [0, 0.05) is 24.9 Å². The Hall–Kier alpha value is -3.81. The van der Waals surface area contributed by atoms with E-state index in [-0.39, 0.29) is 17.6 Å². The second kappa shape index (κ2) is 6.97. The fourth-order valence-corrected chi connectivity index (χ4v) is 3.77. The molecule has 1 unspecified atom stereocenters. The number of carbonyl (C=O) groups is 1. The van der Waals surface area contributed by atoms with Crippen molar-refractivity contribution < 1.29 is 14.3 Å². The van der Waals surface area contributed by atoms with Gasteiger partial charge in [-0.15, -0.1) is 0 Å². The van der Waals surface area contributed by atoms with Crippen LogP contribution in [0.25, 0.3) is 0 Å². The number of rotatable bonds is 4. The smallest absolute Gasteiger partial charge is 0.289 e. The summed E-state index contributed by atoms with van der Waals surface area (Å²) in [5, 5.41) is 14.0. The van der Waals surface area contributed by atoms with Crippen molar-refractivity contribution >= 4 is 5.91 Å². The number of aromatic nitrogens is 4. The van der Waals surface area contributed by atoms with E-state index in [1.54, 1.807) is 52.4 Å². The number of aromatic amines is 1. The van der Waals surface area contributed by atoms with Gasteiger partial charge in [-0.3, -0.25) is 9.48 Å². The van der Waals surface area contributed by atoms with E-state index >= 15 is 0 Å². The minimum atomic E-state index is -0.179. The van der Waals surface area contributed by atoms with Gasteiger partial charge in [0.2, 0.25) is 0 Å². The van der Waals surface area contributed by atoms with Crippen LogP contribution >= 0.6 is 0 Å². The van der Waals surface area contributed by atoms with Crippen LogP contribution in [0.4, 0.5) is 0 Å². The standard InChI is InChI=1S/C21H19N5O3/c27-15-4-1-3-14(9-15)17-11-25(12-18-20(17)23-13-22-18)21(28)19-6-5-16(29-19)10-26-8-2-7-24-26/h1-9,13,17,27H,10-12H2,(H,22,23). The molecule has 1 aliphatic heterocycles. The number of nitrogens with zero attached hydrogens (tertiary/aromatic N) is 4. The summed E-state index contributed by atoms with van der Waals surface area (Å²) in [7, 11) is 0. The van der Waals surface area contributed by atoms with E-state index in [0.29, 0.717) is 31.2 Å². The fraction of sp³-hybridized carbons (Fsp3) is 0.190. The Balaban J connectivity index is 1.40. The molecule has 146 valence electrons. The number of nitrogens with one attached hydrogen (secondary N) is 1. The summed E-state index contributed by atoms with van der Waals surface area (Å²) < 4.78 is 7.52. The molecule has 3 aromatic heterocycles. The fourth-order valence-electron chi connectivity index (χ4n) is 3.77. The van der Waals surface area contributed by atoms with Crippen LogP contribution in [0.15, 0.2) is 65.6 Å². The molecule has 1 aromatic carbocycles. The van der Waals surface area contributed by atoms with Crippen LogP contribution in [0, 0.1) is 0 Å². The van der Waals surface area contributed by atoms with Crippen molar-refractivity contribution in [2.75, 3.05) is 6.54 Å². The normalized spacial score (nSPS) is 16.0. The Bertz CT molecular complexity index is 1140. The molecule has 1 atom stereocenters. The second-order valence-corrected chi connectivity index (χ2v) is 7.07. The topological polar surface area (TPSA) is 100 Å². The summed E-state index contributed by atoms with van der Waals surface area (Å²) in [6, 6.07) is 12.4. The SMILES string of the molecule is O=C(c1ccc(Cn2cccn2)o1)N1Cc2[nH]cnc2C(c2cccc(O)c2)C1. The molecule has 0 saturated carbocycles. The monoisotopic (exact) mass is 389 g/mol. The summed E-state index contributed by atoms with van der Waals surface area (Å²) in [6.07, 6.45) is 5.18. The number of imidazole rings is 1. The number of amides is 1. The third-order valence-electron chi connectivity index (χ3n) is 5.14. The Labute approximate surface area is 166 Å². The summed E-state index contributed by atoms with van der Waals surface area (Å²) in [5.74, 6) is 0.851. The molecule has 0 radical (unpaired) electrons. The predicted molar refractivity (Wildman–Crippen MR) is 103 cm³/mol. The van der Waals surface area contributed by atoms with Crippen molar-refractivity contribution in [3.8, 4) is 5.75 Å². The van der Waals surface area contributed by atoms with Crippen LogP contribution in [-0.4, -0.2) is 42.2 Å². The first kappa shape index (κ1) is 17.3. The molecule has 8 nitrogen and oxygen atoms in total. The van der Waals surface area contributed by atoms with Crippen LogP contribution in [0.3, 0.4) is 0 Å². The van der Waals surface area contributed by atoms with Gasteiger partial charge >= 0.3 is 0 Å². The van der Waals surface area contributed by atoms with Gasteiger partial charge in [-0.1, -0.05) is 12.1 Å². The molecule has 0 bridgehead atoms. The summed E-state index contributed by atoms with van der Waals surface area (Å²) in [6.45, 7) is 1.35. The highest BCUT2D eigenvalue weighted by Gasteiger charge is 2.33. The number of hydrogen-bond donors (Lipinski definition) is 2. The lowest BCUT2D eigenvalue weighted by molar-refractivity contribution is 0.0687. The number of carbonyl (C=O) groups excluding carboxylic acids is 1. The highest BCUT2D eigenvalue weighted by Crippen LogP contribution is 2.33. The van der Waals surface area contributed by atoms with Crippen LogP contribution < -0.4 is 0 Å². The number of furan rings is 1. The molecule has 2 N–H and O–H groups in total. The van der Waals surface area contributed by atoms with Crippen molar-refractivity contribution in [3.63, 3.8) is 0 Å². The molecule has 0 spiro atoms. The molecule has 0 saturated heterocycles. The summed E-state index contributed by atoms with van der Waals surface area (Å²) in [4.78, 5) is 22.4. The molecule has 0 fully saturated rings. The van der Waals surface area contributed by atoms with Gasteiger partial charge in [0.25, 0.3) is 5.91 Å². The van der Waals surface area contributed by atoms with E-state index in [9.17, 15) is 9.90 Å². The van der Waals surface area contributed by atoms with E-state index < -0.39 is 0 Å². The zero-order valence-corrected chi connectivity index (χ0v) is 15.5. The van der Waals surface area contributed by atoms with E-state index in [0.717, 1.165) is 17.0 Å². The Kier molecular flexibility index (Phi) is 4.16. The first-order chi connectivity index (χ1) is 14.2. The van der Waals surface area contributed by atoms with E-state index in [4.69, 9.17) is 4.42 Å². The third-order valence-corrected chi connectivity index (χ3v) is 5.14. The van der Waals surface area contributed by atoms with Gasteiger partial charge in [0.1, 0.15) is 11.5 Å². The van der Waals surface area contributed by atoms with Gasteiger partial charge < -0.3 is 19.4 Å². The minimum Gasteiger partial charge on any atom is -0.508 e. The lowest BCUT2D eigenvalue weighted by Gasteiger charge is -2.31. The molecule has 1 aliphatic rings. The lowest BCUT2D eigenvalue weighted by Crippen LogP contribution is -2.38. The molecule has 0 aliphatic carbocycles. The maximum absolute atomic E-state index is 13.1. The van der Waals surface area contributed by atoms with Crippen molar-refractivity contribution in [2.45, 2.75) is 19.0 Å². The van der Waals surface area contributed by atoms with Crippen LogP contribution in [0.5, 0.6) is 5.75 Å². The maximum atomic E-state index is 13.1. The average molecular weight is 389 g/mol. The lowest BCUT2D eigenvalue weighted by atomic mass is 9.90. The quantitative estimate of drug-likeness (QED) is 0.559. The van der Waals surface area contributed by atoms with E-state index in [1.807, 2.05) is 18.3 Å². The summed E-state index contributed by atoms with van der Waals surface area (Å²) >= 11 is 0. The highest BCUT2D eigenvalue weighted by atomic mass is 16.4. The highest BCUT2D eigenvalue weighted by molar-refractivity contribution is 5.91. The van der Waals surface area contributed by atoms with Crippen molar-refractivity contribution in [3.05, 3.63) is 89.7 Å². The van der Waals surface area contributed by atoms with Crippen LogP contribution in [-0.2, 0) is 13.1 Å². The summed E-state index contributed by atoms with van der Waals surface area (Å²) in [5.41, 5.74) is 2.70. The Morgan fingerprint density at radius 1 is 1.28 bits per heavy atom. The number of H-pyrrole nitrogens is 1. The molecule has 29 heavy (non-hydrogen) atoms. The van der Waals surface area contributed by atoms with Gasteiger partial charge in [-0.05, 0) is 35.9 Å². The maximum Gasteiger partial charge on any atom is 0.289 e. The van der Waals surface area contributed by atoms with Crippen LogP contribution in [0.1, 0.15) is 39.2 Å². The molecule has 5 rings (SSSR count). The van der Waals surface area contributed by atoms with Crippen molar-refractivity contribution in [2.24, 2.45) is 0 Å². The molecular weight excluding hydrogens is 370 g/mol. The first-order valence-electron chi connectivity index (χ1n) is 9.34. The predicted octanol–water partition coefficient (Wildman–Crippen LogP) is 2.74. The zero-order chi connectivity index (χ0) is 19.8.